The molecule has 1 aromatic rings. The van der Waals surface area contributed by atoms with E-state index >= 15 is 0 Å². The molecule has 0 aliphatic rings. The van der Waals surface area contributed by atoms with Crippen molar-refractivity contribution in [1.82, 2.24) is 47.9 Å². The molecule has 0 aliphatic carbocycles. The number of rotatable bonds is 34. The first-order chi connectivity index (χ1) is 35.0. The zero-order chi connectivity index (χ0) is 57.3. The maximum Gasteiger partial charge on any atom is 0.326 e. The number of nitrogens with one attached hydrogen (secondary N) is 9. The number of benzene rings is 1. The summed E-state index contributed by atoms with van der Waals surface area (Å²) in [6.07, 6.45) is -1.04. The number of primary amides is 1. The lowest BCUT2D eigenvalue weighted by Gasteiger charge is -2.30. The number of hydrogen-bond acceptors (Lipinski definition) is 13. The van der Waals surface area contributed by atoms with E-state index in [0.717, 1.165) is 0 Å². The van der Waals surface area contributed by atoms with Gasteiger partial charge in [-0.3, -0.25) is 52.7 Å². The van der Waals surface area contributed by atoms with Crippen molar-refractivity contribution < 1.29 is 67.7 Å². The first-order valence-electron chi connectivity index (χ1n) is 25.2. The highest BCUT2D eigenvalue weighted by Crippen LogP contribution is 2.14. The highest BCUT2D eigenvalue weighted by atomic mass is 16.4. The van der Waals surface area contributed by atoms with Crippen LogP contribution in [0.15, 0.2) is 30.3 Å². The number of nitrogens with two attached hydrogens (primary N) is 2. The second kappa shape index (κ2) is 32.9. The number of hydrogen-bond donors (Lipinski definition) is 13. The summed E-state index contributed by atoms with van der Waals surface area (Å²) in [5, 5.41) is 41.6. The van der Waals surface area contributed by atoms with Crippen LogP contribution < -0.4 is 59.3 Å². The van der Waals surface area contributed by atoms with Gasteiger partial charge in [0.15, 0.2) is 0 Å². The molecule has 0 saturated heterocycles. The van der Waals surface area contributed by atoms with Gasteiger partial charge in [-0.05, 0) is 48.0 Å². The molecule has 10 atom stereocenters. The number of carbonyl (C=O) groups excluding carboxylic acids is 10. The third kappa shape index (κ3) is 24.2. The van der Waals surface area contributed by atoms with Gasteiger partial charge in [0.1, 0.15) is 48.3 Å². The van der Waals surface area contributed by atoms with Crippen molar-refractivity contribution in [3.63, 3.8) is 0 Å². The van der Waals surface area contributed by atoms with Gasteiger partial charge in [0.25, 0.3) is 0 Å². The summed E-state index contributed by atoms with van der Waals surface area (Å²) in [5.74, 6) is -14.0. The molecule has 0 heterocycles. The Labute approximate surface area is 438 Å². The van der Waals surface area contributed by atoms with E-state index in [1.165, 1.54) is 0 Å². The molecule has 0 aromatic heterocycles. The molecule has 0 radical (unpaired) electrons. The average molecular weight is 1060 g/mol. The van der Waals surface area contributed by atoms with E-state index in [2.05, 4.69) is 47.9 Å². The van der Waals surface area contributed by atoms with Crippen molar-refractivity contribution in [3.8, 4) is 0 Å². The number of aliphatic carboxylic acids is 2. The molecule has 0 unspecified atom stereocenters. The molecule has 0 spiro atoms. The van der Waals surface area contributed by atoms with Crippen LogP contribution >= 0.6 is 0 Å². The SMILES string of the molecule is CC[C@H](C)[C@H](NC(=O)[C@H](CC(=O)O)NC(=O)[C@H](Cc1ccccc1)NC(=O)[C@H](CC(C)C)NC(=O)CN)C(=O)N[C@@H](CC(N)=O)C(=O)N[C@H](C(=O)N[C@H](C(=O)NCC(=O)N[C@@H](CC(C)C)C(=O)O)[C@@H](C)CC)C(C)C. The molecule has 0 saturated carbocycles. The van der Waals surface area contributed by atoms with Gasteiger partial charge in [-0.25, -0.2) is 4.79 Å². The second-order valence-corrected chi connectivity index (χ2v) is 19.9. The van der Waals surface area contributed by atoms with Crippen LogP contribution in [0.2, 0.25) is 0 Å². The van der Waals surface area contributed by atoms with Crippen LogP contribution in [0.4, 0.5) is 0 Å². The zero-order valence-corrected chi connectivity index (χ0v) is 44.7. The summed E-state index contributed by atoms with van der Waals surface area (Å²) >= 11 is 0. The van der Waals surface area contributed by atoms with Crippen LogP contribution in [-0.2, 0) is 64.0 Å². The van der Waals surface area contributed by atoms with E-state index in [0.29, 0.717) is 12.0 Å². The minimum absolute atomic E-state index is 0.0601. The van der Waals surface area contributed by atoms with Crippen LogP contribution in [0.3, 0.4) is 0 Å². The standard InChI is InChI=1S/C50H81N11O14/c1-11-28(9)41(47(71)53-24-38(64)55-35(50(74)75)19-26(5)6)61-48(72)40(27(7)8)59-45(69)33(21-36(52)62)58-49(73)42(29(10)12-2)60-46(70)34(22-39(65)66)57-44(68)32(20-30-16-14-13-15-17-30)56-43(67)31(18-25(3)4)54-37(63)23-51/h13-17,25-29,31-35,40-42H,11-12,18-24,51H2,1-10H3,(H2,52,62)(H,53,71)(H,54,63)(H,55,64)(H,56,67)(H,57,68)(H,58,73)(H,59,69)(H,60,70)(H,61,72)(H,65,66)(H,74,75)/t28-,29-,31-,32-,33-,34-,35-,40-,41-,42-/m0/s1. The average Bonchev–Trinajstić information content (AvgIpc) is 3.33. The van der Waals surface area contributed by atoms with Gasteiger partial charge in [-0.15, -0.1) is 0 Å². The van der Waals surface area contributed by atoms with Gasteiger partial charge in [0, 0.05) is 6.42 Å². The van der Waals surface area contributed by atoms with Gasteiger partial charge < -0.3 is 69.5 Å². The molecule has 0 bridgehead atoms. The Morgan fingerprint density at radius 1 is 0.493 bits per heavy atom. The minimum Gasteiger partial charge on any atom is -0.481 e. The van der Waals surface area contributed by atoms with E-state index in [1.807, 2.05) is 13.8 Å². The van der Waals surface area contributed by atoms with Gasteiger partial charge >= 0.3 is 11.9 Å². The predicted octanol–water partition coefficient (Wildman–Crippen LogP) is -1.54. The lowest BCUT2D eigenvalue weighted by molar-refractivity contribution is -0.142. The molecule has 0 fully saturated rings. The molecule has 10 amide bonds. The monoisotopic (exact) mass is 1060 g/mol. The van der Waals surface area contributed by atoms with Gasteiger partial charge in [0.05, 0.1) is 25.9 Å². The summed E-state index contributed by atoms with van der Waals surface area (Å²) in [6, 6.07) is -3.08. The van der Waals surface area contributed by atoms with Crippen LogP contribution in [0, 0.1) is 29.6 Å². The largest absolute Gasteiger partial charge is 0.481 e. The van der Waals surface area contributed by atoms with Gasteiger partial charge in [-0.1, -0.05) is 112 Å². The number of carbonyl (C=O) groups is 12. The Kier molecular flexibility index (Phi) is 28.9. The van der Waals surface area contributed by atoms with E-state index in [1.54, 1.807) is 85.7 Å². The minimum atomic E-state index is -1.85. The molecule has 25 nitrogen and oxygen atoms in total. The summed E-state index contributed by atoms with van der Waals surface area (Å²) < 4.78 is 0. The van der Waals surface area contributed by atoms with Crippen molar-refractivity contribution in [3.05, 3.63) is 35.9 Å². The van der Waals surface area contributed by atoms with Gasteiger partial charge in [-0.2, -0.15) is 0 Å². The number of carboxylic acids is 2. The highest BCUT2D eigenvalue weighted by molar-refractivity contribution is 6.00. The fraction of sp³-hybridized carbons (Fsp3) is 0.640. The van der Waals surface area contributed by atoms with Crippen molar-refractivity contribution >= 4 is 71.0 Å². The first kappa shape index (κ1) is 65.8. The van der Waals surface area contributed by atoms with Gasteiger partial charge in [0.2, 0.25) is 59.1 Å². The zero-order valence-electron chi connectivity index (χ0n) is 44.7. The Balaban J connectivity index is 3.44. The Hall–Kier alpha value is -7.18. The molecule has 25 heteroatoms. The normalized spacial score (nSPS) is 15.2. The summed E-state index contributed by atoms with van der Waals surface area (Å²) in [7, 11) is 0. The second-order valence-electron chi connectivity index (χ2n) is 19.9. The Morgan fingerprint density at radius 2 is 0.920 bits per heavy atom. The summed E-state index contributed by atoms with van der Waals surface area (Å²) in [4.78, 5) is 158. The van der Waals surface area contributed by atoms with E-state index in [4.69, 9.17) is 11.5 Å². The van der Waals surface area contributed by atoms with E-state index < -0.39 is 163 Å². The van der Waals surface area contributed by atoms with Crippen molar-refractivity contribution in [2.24, 2.45) is 41.1 Å². The Bertz CT molecular complexity index is 2140. The number of amides is 10. The summed E-state index contributed by atoms with van der Waals surface area (Å²) in [6.45, 7) is 15.9. The topological polar surface area (TPSA) is 406 Å². The van der Waals surface area contributed by atoms with E-state index in [-0.39, 0.29) is 37.5 Å². The lowest BCUT2D eigenvalue weighted by atomic mass is 9.96. The molecule has 1 aromatic carbocycles. The van der Waals surface area contributed by atoms with Crippen LogP contribution in [0.25, 0.3) is 0 Å². The van der Waals surface area contributed by atoms with E-state index in [9.17, 15) is 67.7 Å². The van der Waals surface area contributed by atoms with Crippen LogP contribution in [0.1, 0.15) is 113 Å². The predicted molar refractivity (Wildman–Crippen MR) is 274 cm³/mol. The maximum atomic E-state index is 14.1. The highest BCUT2D eigenvalue weighted by Gasteiger charge is 2.38. The quantitative estimate of drug-likeness (QED) is 0.0372. The van der Waals surface area contributed by atoms with Crippen molar-refractivity contribution in [1.29, 1.82) is 0 Å². The fourth-order valence-electron chi connectivity index (χ4n) is 7.52. The van der Waals surface area contributed by atoms with Crippen LogP contribution in [0.5, 0.6) is 0 Å². The molecule has 420 valence electrons. The fourth-order valence-corrected chi connectivity index (χ4v) is 7.52. The third-order valence-electron chi connectivity index (χ3n) is 12.1. The third-order valence-corrected chi connectivity index (χ3v) is 12.1. The molecular weight excluding hydrogens is 979 g/mol. The molecule has 0 aliphatic heterocycles. The molecule has 15 N–H and O–H groups in total. The smallest absolute Gasteiger partial charge is 0.326 e. The molecule has 75 heavy (non-hydrogen) atoms. The molecule has 1 rings (SSSR count). The maximum absolute atomic E-state index is 14.1. The number of carboxylic acid groups (broad SMARTS) is 2. The Morgan fingerprint density at radius 3 is 1.40 bits per heavy atom. The summed E-state index contributed by atoms with van der Waals surface area (Å²) in [5.41, 5.74) is 11.5. The van der Waals surface area contributed by atoms with Crippen LogP contribution in [-0.4, -0.2) is 143 Å². The molecular formula is C50H81N11O14. The van der Waals surface area contributed by atoms with Crippen molar-refractivity contribution in [2.45, 2.75) is 163 Å². The van der Waals surface area contributed by atoms with Crippen molar-refractivity contribution in [2.75, 3.05) is 13.1 Å². The first-order valence-corrected chi connectivity index (χ1v) is 25.2. The lowest BCUT2D eigenvalue weighted by Crippen LogP contribution is -2.62.